The second-order valence-corrected chi connectivity index (χ2v) is 8.93. The zero-order valence-electron chi connectivity index (χ0n) is 18.2. The number of nitrogens with zero attached hydrogens (tertiary/aromatic N) is 2. The molecule has 2 unspecified atom stereocenters. The van der Waals surface area contributed by atoms with Crippen molar-refractivity contribution in [3.8, 4) is 0 Å². The van der Waals surface area contributed by atoms with Crippen LogP contribution in [0.2, 0.25) is 0 Å². The highest BCUT2D eigenvalue weighted by Gasteiger charge is 2.57. The summed E-state index contributed by atoms with van der Waals surface area (Å²) in [6, 6.07) is 8.31. The fourth-order valence-electron chi connectivity index (χ4n) is 4.78. The number of amides is 1. The summed E-state index contributed by atoms with van der Waals surface area (Å²) in [5, 5.41) is 13.3. The summed E-state index contributed by atoms with van der Waals surface area (Å²) >= 11 is 0. The predicted octanol–water partition coefficient (Wildman–Crippen LogP) is 2.60. The van der Waals surface area contributed by atoms with Gasteiger partial charge < -0.3 is 9.90 Å². The summed E-state index contributed by atoms with van der Waals surface area (Å²) in [5.41, 5.74) is 0.802. The molecular weight excluding hydrogens is 380 g/mol. The third kappa shape index (κ3) is 3.54. The topological polar surface area (TPSA) is 87.2 Å². The van der Waals surface area contributed by atoms with Gasteiger partial charge in [-0.15, -0.1) is 0 Å². The Hall–Kier alpha value is -2.60. The molecule has 1 fully saturated rings. The van der Waals surface area contributed by atoms with Crippen molar-refractivity contribution in [1.82, 2.24) is 4.98 Å². The Labute approximate surface area is 177 Å². The number of aromatic nitrogens is 1. The first-order chi connectivity index (χ1) is 14.2. The highest BCUT2D eigenvalue weighted by Crippen LogP contribution is 2.42. The number of Topliss-reactive ketones (excluding diaryl/α,β-unsaturated/α-hetero) is 1. The maximum absolute atomic E-state index is 13.5. The Bertz CT molecular complexity index is 979. The fourth-order valence-corrected chi connectivity index (χ4v) is 4.78. The van der Waals surface area contributed by atoms with Crippen molar-refractivity contribution >= 4 is 28.6 Å². The molecule has 1 amide bonds. The lowest BCUT2D eigenvalue weighted by atomic mass is 9.83. The number of pyridine rings is 1. The number of carboxylic acids is 1. The predicted molar refractivity (Wildman–Crippen MR) is 112 cm³/mol. The average molecular weight is 411 g/mol. The monoisotopic (exact) mass is 410 g/mol. The molecule has 1 aromatic carbocycles. The quantitative estimate of drug-likeness (QED) is 0.517. The molecular formula is C24H30N2O4. The first kappa shape index (κ1) is 22.1. The molecule has 0 saturated carbocycles. The van der Waals surface area contributed by atoms with Crippen LogP contribution in [0, 0.1) is 5.41 Å². The normalized spacial score (nSPS) is 24.1. The molecule has 1 aliphatic heterocycles. The summed E-state index contributed by atoms with van der Waals surface area (Å²) in [6.07, 6.45) is 3.28. The molecule has 0 aliphatic carbocycles. The van der Waals surface area contributed by atoms with Gasteiger partial charge in [-0.3, -0.25) is 9.78 Å². The van der Waals surface area contributed by atoms with Gasteiger partial charge in [0.1, 0.15) is 12.0 Å². The van der Waals surface area contributed by atoms with E-state index in [0.717, 1.165) is 16.5 Å². The van der Waals surface area contributed by atoms with Gasteiger partial charge in [-0.25, -0.2) is 9.28 Å². The smallest absolute Gasteiger partial charge is 0.382 e. The van der Waals surface area contributed by atoms with E-state index < -0.39 is 35.0 Å². The number of fused-ring (bicyclic) bond motifs is 1. The van der Waals surface area contributed by atoms with Crippen molar-refractivity contribution in [1.29, 1.82) is 0 Å². The van der Waals surface area contributed by atoms with Crippen LogP contribution in [-0.2, 0) is 14.4 Å². The van der Waals surface area contributed by atoms with E-state index in [4.69, 9.17) is 0 Å². The fraction of sp³-hybridized carbons (Fsp3) is 0.500. The lowest BCUT2D eigenvalue weighted by Crippen LogP contribution is -2.65. The number of ketones is 1. The second-order valence-electron chi connectivity index (χ2n) is 8.93. The highest BCUT2D eigenvalue weighted by molar-refractivity contribution is 6.35. The van der Waals surface area contributed by atoms with E-state index in [-0.39, 0.29) is 4.48 Å². The van der Waals surface area contributed by atoms with Crippen molar-refractivity contribution < 1.29 is 24.0 Å². The number of carbonyl (C=O) groups excluding carboxylic acids is 3. The standard InChI is InChI=1S/C24H30N2O4/c1-5-14-26(22(28)21(27)24(3,4)6-2)15-12-18(20(26)23(29)30)16-11-13-25-19-10-8-7-9-17(16)19/h7-11,13,18,20H,5-6,12,14-15H2,1-4H3/t18?,20-,26?/m0/s1. The Morgan fingerprint density at radius 2 is 1.87 bits per heavy atom. The number of likely N-dealkylation sites (tertiary alicyclic amines) is 1. The first-order valence-corrected chi connectivity index (χ1v) is 10.7. The van der Waals surface area contributed by atoms with E-state index in [1.165, 1.54) is 0 Å². The minimum absolute atomic E-state index is 0.308. The van der Waals surface area contributed by atoms with Gasteiger partial charge in [0.25, 0.3) is 5.78 Å². The summed E-state index contributed by atoms with van der Waals surface area (Å²) in [6.45, 7) is 7.88. The maximum Gasteiger partial charge on any atom is 0.382 e. The molecule has 2 heterocycles. The van der Waals surface area contributed by atoms with Crippen LogP contribution >= 0.6 is 0 Å². The molecule has 160 valence electrons. The lowest BCUT2D eigenvalue weighted by molar-refractivity contribution is -0.858. The van der Waals surface area contributed by atoms with E-state index in [1.54, 1.807) is 20.0 Å². The van der Waals surface area contributed by atoms with Crippen LogP contribution in [0.1, 0.15) is 58.4 Å². The van der Waals surface area contributed by atoms with Crippen LogP contribution in [0.25, 0.3) is 10.9 Å². The number of para-hydroxylation sites is 1. The number of benzene rings is 1. The summed E-state index contributed by atoms with van der Waals surface area (Å²) in [4.78, 5) is 43.5. The van der Waals surface area contributed by atoms with E-state index in [2.05, 4.69) is 4.98 Å². The SMILES string of the molecule is CCC[N+]1(C(=O)C(=O)C(C)(C)CC)CCC(c2ccnc3ccccc23)[C@H]1C(=O)[O-]. The van der Waals surface area contributed by atoms with Gasteiger partial charge in [0.2, 0.25) is 0 Å². The summed E-state index contributed by atoms with van der Waals surface area (Å²) < 4.78 is -0.359. The van der Waals surface area contributed by atoms with Crippen LogP contribution in [-0.4, -0.2) is 46.3 Å². The van der Waals surface area contributed by atoms with Crippen molar-refractivity contribution in [3.63, 3.8) is 0 Å². The number of hydrogen-bond acceptors (Lipinski definition) is 5. The first-order valence-electron chi connectivity index (χ1n) is 10.7. The van der Waals surface area contributed by atoms with Gasteiger partial charge in [0.15, 0.2) is 0 Å². The van der Waals surface area contributed by atoms with Crippen molar-refractivity contribution in [2.24, 2.45) is 5.41 Å². The van der Waals surface area contributed by atoms with Crippen LogP contribution in [0.15, 0.2) is 36.5 Å². The molecule has 6 heteroatoms. The number of carboxylic acid groups (broad SMARTS) is 1. The zero-order valence-corrected chi connectivity index (χ0v) is 18.2. The van der Waals surface area contributed by atoms with E-state index in [0.29, 0.717) is 32.4 Å². The zero-order chi connectivity index (χ0) is 22.1. The average Bonchev–Trinajstić information content (AvgIpc) is 3.12. The third-order valence-corrected chi connectivity index (χ3v) is 6.80. The molecule has 1 aliphatic rings. The van der Waals surface area contributed by atoms with Crippen LogP contribution < -0.4 is 5.11 Å². The molecule has 2 aromatic rings. The molecule has 3 rings (SSSR count). The molecule has 30 heavy (non-hydrogen) atoms. The number of carbonyl (C=O) groups is 3. The Morgan fingerprint density at radius 1 is 1.17 bits per heavy atom. The van der Waals surface area contributed by atoms with Gasteiger partial charge in [0.05, 0.1) is 18.6 Å². The molecule has 6 nitrogen and oxygen atoms in total. The molecule has 1 saturated heterocycles. The highest BCUT2D eigenvalue weighted by atomic mass is 16.4. The van der Waals surface area contributed by atoms with Crippen LogP contribution in [0.3, 0.4) is 0 Å². The molecule has 0 spiro atoms. The minimum Gasteiger partial charge on any atom is -0.544 e. The van der Waals surface area contributed by atoms with Crippen molar-refractivity contribution in [2.45, 2.75) is 58.9 Å². The van der Waals surface area contributed by atoms with E-state index in [1.807, 2.05) is 44.2 Å². The molecule has 1 aromatic heterocycles. The molecule has 0 N–H and O–H groups in total. The van der Waals surface area contributed by atoms with Gasteiger partial charge in [0, 0.05) is 29.3 Å². The van der Waals surface area contributed by atoms with E-state index in [9.17, 15) is 19.5 Å². The van der Waals surface area contributed by atoms with Gasteiger partial charge >= 0.3 is 5.91 Å². The van der Waals surface area contributed by atoms with Crippen molar-refractivity contribution in [2.75, 3.05) is 13.1 Å². The largest absolute Gasteiger partial charge is 0.544 e. The molecule has 0 radical (unpaired) electrons. The number of hydrogen-bond donors (Lipinski definition) is 0. The maximum atomic E-state index is 13.5. The third-order valence-electron chi connectivity index (χ3n) is 6.80. The Balaban J connectivity index is 2.13. The van der Waals surface area contributed by atoms with Crippen LogP contribution in [0.4, 0.5) is 0 Å². The van der Waals surface area contributed by atoms with Gasteiger partial charge in [-0.1, -0.05) is 45.9 Å². The van der Waals surface area contributed by atoms with Gasteiger partial charge in [-0.05, 0) is 30.5 Å². The van der Waals surface area contributed by atoms with Crippen molar-refractivity contribution in [3.05, 3.63) is 42.1 Å². The Kier molecular flexibility index (Phi) is 6.09. The second kappa shape index (κ2) is 8.26. The number of aliphatic carboxylic acids is 1. The number of quaternary nitrogens is 1. The van der Waals surface area contributed by atoms with Crippen LogP contribution in [0.5, 0.6) is 0 Å². The minimum atomic E-state index is -1.28. The summed E-state index contributed by atoms with van der Waals surface area (Å²) in [5.74, 6) is -2.79. The van der Waals surface area contributed by atoms with Gasteiger partial charge in [-0.2, -0.15) is 0 Å². The number of rotatable bonds is 7. The summed E-state index contributed by atoms with van der Waals surface area (Å²) in [7, 11) is 0. The van der Waals surface area contributed by atoms with E-state index >= 15 is 0 Å². The lowest BCUT2D eigenvalue weighted by Gasteiger charge is -2.40. The molecule has 0 bridgehead atoms. The molecule has 3 atom stereocenters. The Morgan fingerprint density at radius 3 is 2.50 bits per heavy atom.